The summed E-state index contributed by atoms with van der Waals surface area (Å²) >= 11 is 0. The Bertz CT molecular complexity index is 3290. The van der Waals surface area contributed by atoms with E-state index in [9.17, 15) is 37.5 Å². The maximum atomic E-state index is 13.8. The van der Waals surface area contributed by atoms with Crippen molar-refractivity contribution in [3.05, 3.63) is 209 Å². The van der Waals surface area contributed by atoms with E-state index in [4.69, 9.17) is 14.5 Å². The van der Waals surface area contributed by atoms with Gasteiger partial charge in [-0.15, -0.1) is 0 Å². The number of aryl methyl sites for hydroxylation is 2. The number of ketones is 1. The quantitative estimate of drug-likeness (QED) is 0.0253. The number of aliphatic imine (C=N–C) groups is 1. The molecular formula is C59H60N8O10S. The number of ether oxygens (including phenoxy) is 2. The molecule has 402 valence electrons. The van der Waals surface area contributed by atoms with Gasteiger partial charge in [0.1, 0.15) is 29.6 Å². The van der Waals surface area contributed by atoms with Crippen molar-refractivity contribution in [2.45, 2.75) is 63.2 Å². The number of imidazole rings is 1. The van der Waals surface area contributed by atoms with Crippen molar-refractivity contribution >= 4 is 57.0 Å². The molecular weight excluding hydrogens is 1010 g/mol. The van der Waals surface area contributed by atoms with Crippen LogP contribution < -0.4 is 30.7 Å². The summed E-state index contributed by atoms with van der Waals surface area (Å²) in [6, 6.07) is 46.1. The van der Waals surface area contributed by atoms with Crippen molar-refractivity contribution in [3.63, 3.8) is 0 Å². The highest BCUT2D eigenvalue weighted by atomic mass is 32.2. The SMILES string of the molecule is Cc1cc(OCCCC(=O)NCCNC(=O)OCc2ccccc2)cc(C)c1S(=O)(=O)N[C@@H](CNC(=O)C1=Nc2cc(CNc3nccn3C(c3ccccc3)(c3ccccc3)c3ccccc3)ccc2C(=O)C1C)C(=O)O. The fraction of sp³-hybridized carbons (Fsp3) is 0.237. The number of rotatable bonds is 24. The zero-order valence-corrected chi connectivity index (χ0v) is 44.1. The van der Waals surface area contributed by atoms with Crippen LogP contribution in [-0.2, 0) is 47.8 Å². The van der Waals surface area contributed by atoms with Crippen LogP contribution >= 0.6 is 0 Å². The van der Waals surface area contributed by atoms with Crippen LogP contribution in [0.5, 0.6) is 5.75 Å². The number of aliphatic carboxylic acids is 1. The smallest absolute Gasteiger partial charge is 0.407 e. The lowest BCUT2D eigenvalue weighted by atomic mass is 9.76. The van der Waals surface area contributed by atoms with Crippen LogP contribution in [0.25, 0.3) is 0 Å². The lowest BCUT2D eigenvalue weighted by molar-refractivity contribution is -0.138. The number of carboxylic acid groups (broad SMARTS) is 1. The standard InChI is InChI=1S/C59H60N8O10S/c1-39-33-47(76-32-16-25-51(68)60-28-29-62-58(73)77-38-42-17-8-4-9-18-42)34-40(2)54(39)78(74,75)66-50(56(71)72)37-63-55(70)52-41(3)53(69)48-27-26-43(35-49(48)65-52)36-64-57-61-30-31-67(57)59(44-19-10-5-11-20-44,45-21-12-6-13-22-45)46-23-14-7-15-24-46/h4-15,17-24,26-27,30-31,33-35,41,50,66H,16,25,28-29,32,36-38H2,1-3H3,(H,60,68)(H,61,64)(H,62,73)(H,63,70)(H,71,72)/t41?,50-/m0/s1. The molecule has 0 bridgehead atoms. The summed E-state index contributed by atoms with van der Waals surface area (Å²) in [5.74, 6) is -3.09. The molecule has 1 unspecified atom stereocenters. The van der Waals surface area contributed by atoms with Crippen LogP contribution in [0.4, 0.5) is 16.4 Å². The summed E-state index contributed by atoms with van der Waals surface area (Å²) in [6.07, 6.45) is 3.54. The first-order valence-corrected chi connectivity index (χ1v) is 26.8. The number of nitrogens with zero attached hydrogens (tertiary/aromatic N) is 3. The van der Waals surface area contributed by atoms with Crippen LogP contribution in [0.1, 0.15) is 69.1 Å². The number of alkyl carbamates (subject to hydrolysis) is 1. The van der Waals surface area contributed by atoms with Crippen molar-refractivity contribution in [1.29, 1.82) is 0 Å². The molecule has 2 heterocycles. The van der Waals surface area contributed by atoms with E-state index in [0.717, 1.165) is 27.8 Å². The number of amides is 3. The van der Waals surface area contributed by atoms with E-state index in [-0.39, 0.29) is 78.4 Å². The number of nitrogens with one attached hydrogen (secondary N) is 5. The van der Waals surface area contributed by atoms with Crippen molar-refractivity contribution in [3.8, 4) is 5.75 Å². The Morgan fingerprint density at radius 3 is 1.95 bits per heavy atom. The van der Waals surface area contributed by atoms with Gasteiger partial charge in [0.05, 0.1) is 23.1 Å². The maximum absolute atomic E-state index is 13.8. The third-order valence-corrected chi connectivity index (χ3v) is 14.9. The number of sulfonamides is 1. The number of hydrogen-bond donors (Lipinski definition) is 6. The summed E-state index contributed by atoms with van der Waals surface area (Å²) in [5, 5.41) is 21.4. The number of Topliss-reactive ketones (excluding diaryl/α,β-unsaturated/α-hetero) is 1. The molecule has 6 N–H and O–H groups in total. The van der Waals surface area contributed by atoms with Gasteiger partial charge in [0.2, 0.25) is 21.9 Å². The average molecular weight is 1070 g/mol. The second-order valence-corrected chi connectivity index (χ2v) is 20.3. The zero-order valence-electron chi connectivity index (χ0n) is 43.3. The fourth-order valence-electron chi connectivity index (χ4n) is 9.44. The van der Waals surface area contributed by atoms with Gasteiger partial charge in [-0.3, -0.25) is 23.7 Å². The van der Waals surface area contributed by atoms with Gasteiger partial charge < -0.3 is 35.8 Å². The van der Waals surface area contributed by atoms with E-state index < -0.39 is 52.0 Å². The molecule has 6 aromatic carbocycles. The highest BCUT2D eigenvalue weighted by Gasteiger charge is 2.40. The molecule has 18 nitrogen and oxygen atoms in total. The Labute approximate surface area is 452 Å². The van der Waals surface area contributed by atoms with Crippen LogP contribution in [0.15, 0.2) is 174 Å². The number of benzene rings is 6. The Kier molecular flexibility index (Phi) is 17.9. The monoisotopic (exact) mass is 1070 g/mol. The first kappa shape index (κ1) is 55.3. The lowest BCUT2D eigenvalue weighted by Crippen LogP contribution is -2.50. The highest BCUT2D eigenvalue weighted by Crippen LogP contribution is 2.42. The largest absolute Gasteiger partial charge is 0.494 e. The molecule has 3 amide bonds. The minimum Gasteiger partial charge on any atom is -0.494 e. The maximum Gasteiger partial charge on any atom is 0.407 e. The van der Waals surface area contributed by atoms with Gasteiger partial charge in [-0.25, -0.2) is 23.2 Å². The van der Waals surface area contributed by atoms with E-state index in [2.05, 4.69) is 71.9 Å². The van der Waals surface area contributed by atoms with Crippen molar-refractivity contribution in [2.24, 2.45) is 10.9 Å². The van der Waals surface area contributed by atoms with E-state index in [0.29, 0.717) is 23.7 Å². The first-order chi connectivity index (χ1) is 37.6. The molecule has 7 aromatic rings. The molecule has 0 radical (unpaired) electrons. The normalized spacial score (nSPS) is 13.6. The summed E-state index contributed by atoms with van der Waals surface area (Å²) in [5.41, 5.74) is 4.71. The van der Waals surface area contributed by atoms with Gasteiger partial charge in [0.15, 0.2) is 5.78 Å². The van der Waals surface area contributed by atoms with Crippen molar-refractivity contribution in [2.75, 3.05) is 31.6 Å². The Morgan fingerprint density at radius 2 is 1.35 bits per heavy atom. The van der Waals surface area contributed by atoms with Gasteiger partial charge in [0.25, 0.3) is 5.91 Å². The van der Waals surface area contributed by atoms with Crippen LogP contribution in [-0.4, -0.2) is 90.7 Å². The Balaban J connectivity index is 0.868. The first-order valence-electron chi connectivity index (χ1n) is 25.3. The molecule has 0 spiro atoms. The zero-order chi connectivity index (χ0) is 55.2. The Hall–Kier alpha value is -8.94. The fourth-order valence-corrected chi connectivity index (χ4v) is 11.1. The molecule has 19 heteroatoms. The third-order valence-electron chi connectivity index (χ3n) is 13.1. The van der Waals surface area contributed by atoms with Crippen LogP contribution in [0, 0.1) is 19.8 Å². The molecule has 1 aliphatic rings. The number of carbonyl (C=O) groups excluding carboxylic acids is 4. The summed E-state index contributed by atoms with van der Waals surface area (Å²) in [7, 11) is -4.49. The molecule has 0 aliphatic carbocycles. The van der Waals surface area contributed by atoms with E-state index >= 15 is 0 Å². The summed E-state index contributed by atoms with van der Waals surface area (Å²) in [4.78, 5) is 73.5. The van der Waals surface area contributed by atoms with Crippen LogP contribution in [0.2, 0.25) is 0 Å². The summed E-state index contributed by atoms with van der Waals surface area (Å²) in [6.45, 7) is 4.82. The van der Waals surface area contributed by atoms with Gasteiger partial charge >= 0.3 is 12.1 Å². The number of anilines is 1. The number of hydrogen-bond acceptors (Lipinski definition) is 12. The topological polar surface area (TPSA) is 249 Å². The lowest BCUT2D eigenvalue weighted by Gasteiger charge is -2.38. The van der Waals surface area contributed by atoms with Gasteiger partial charge in [-0.1, -0.05) is 127 Å². The molecule has 78 heavy (non-hydrogen) atoms. The van der Waals surface area contributed by atoms with Gasteiger partial charge in [0, 0.05) is 50.6 Å². The molecule has 0 saturated carbocycles. The second-order valence-electron chi connectivity index (χ2n) is 18.6. The summed E-state index contributed by atoms with van der Waals surface area (Å²) < 4.78 is 42.9. The van der Waals surface area contributed by atoms with Crippen molar-refractivity contribution in [1.82, 2.24) is 30.2 Å². The predicted octanol–water partition coefficient (Wildman–Crippen LogP) is 7.61. The minimum atomic E-state index is -4.49. The molecule has 0 saturated heterocycles. The van der Waals surface area contributed by atoms with E-state index in [1.54, 1.807) is 24.4 Å². The third kappa shape index (κ3) is 13.0. The molecule has 1 aromatic heterocycles. The molecule has 8 rings (SSSR count). The van der Waals surface area contributed by atoms with Crippen molar-refractivity contribution < 1.29 is 47.0 Å². The number of carboxylic acids is 1. The molecule has 0 fully saturated rings. The number of carbonyl (C=O) groups is 5. The van der Waals surface area contributed by atoms with Gasteiger partial charge in [-0.2, -0.15) is 4.72 Å². The highest BCUT2D eigenvalue weighted by molar-refractivity contribution is 7.89. The number of fused-ring (bicyclic) bond motifs is 1. The van der Waals surface area contributed by atoms with E-state index in [1.165, 1.54) is 32.9 Å². The second kappa shape index (κ2) is 25.3. The van der Waals surface area contributed by atoms with Crippen LogP contribution in [0.3, 0.4) is 0 Å². The average Bonchev–Trinajstić information content (AvgIpc) is 4.11. The van der Waals surface area contributed by atoms with Gasteiger partial charge in [-0.05, 0) is 90.4 Å². The number of aromatic nitrogens is 2. The molecule has 1 aliphatic heterocycles. The molecule has 2 atom stereocenters. The minimum absolute atomic E-state index is 0.127. The predicted molar refractivity (Wildman–Crippen MR) is 294 cm³/mol. The van der Waals surface area contributed by atoms with E-state index in [1.807, 2.05) is 91.1 Å². The Morgan fingerprint density at radius 1 is 0.756 bits per heavy atom.